The molecule has 1 nitrogen and oxygen atoms in total. The van der Waals surface area contributed by atoms with Gasteiger partial charge in [-0.2, -0.15) is 5.26 Å². The lowest BCUT2D eigenvalue weighted by atomic mass is 10.2. The first kappa shape index (κ1) is 12.0. The van der Waals surface area contributed by atoms with Crippen LogP contribution in [0.3, 0.4) is 0 Å². The minimum Gasteiger partial charge on any atom is -0.193 e. The van der Waals surface area contributed by atoms with Crippen molar-refractivity contribution in [3.05, 3.63) is 24.3 Å². The molecule has 0 saturated carbocycles. The van der Waals surface area contributed by atoms with Crippen LogP contribution in [0.4, 0.5) is 0 Å². The van der Waals surface area contributed by atoms with Crippen LogP contribution in [0, 0.1) is 11.3 Å². The van der Waals surface area contributed by atoms with Crippen molar-refractivity contribution >= 4 is 0 Å². The third-order valence-corrected chi connectivity index (χ3v) is 1.83. The fraction of sp³-hybridized carbons (Fsp3) is 0.583. The molecule has 0 saturated heterocycles. The number of hydrogen-bond donors (Lipinski definition) is 0. The van der Waals surface area contributed by atoms with Gasteiger partial charge in [-0.15, -0.1) is 0 Å². The van der Waals surface area contributed by atoms with E-state index in [-0.39, 0.29) is 0 Å². The molecule has 0 radical (unpaired) electrons. The van der Waals surface area contributed by atoms with Crippen molar-refractivity contribution in [3.8, 4) is 6.07 Å². The predicted octanol–water partition coefficient (Wildman–Crippen LogP) is 3.98. The van der Waals surface area contributed by atoms with Gasteiger partial charge in [0, 0.05) is 6.08 Å². The standard InChI is InChI=1S/C12H19N/c1-2-3-4-5-6-7-8-9-10-11-12-13/h6-7,10-11H,2-5,8-9H2,1H3. The monoisotopic (exact) mass is 177 g/mol. The van der Waals surface area contributed by atoms with Gasteiger partial charge in [0.05, 0.1) is 6.07 Å². The van der Waals surface area contributed by atoms with Gasteiger partial charge >= 0.3 is 0 Å². The Hall–Kier alpha value is -1.03. The summed E-state index contributed by atoms with van der Waals surface area (Å²) in [4.78, 5) is 0. The van der Waals surface area contributed by atoms with Crippen LogP contribution in [0.2, 0.25) is 0 Å². The van der Waals surface area contributed by atoms with E-state index in [0.717, 1.165) is 12.8 Å². The lowest BCUT2D eigenvalue weighted by Gasteiger charge is -1.91. The molecule has 0 amide bonds. The molecule has 0 rings (SSSR count). The highest BCUT2D eigenvalue weighted by molar-refractivity contribution is 5.02. The minimum atomic E-state index is 0.984. The lowest BCUT2D eigenvalue weighted by Crippen LogP contribution is -1.71. The van der Waals surface area contributed by atoms with Crippen molar-refractivity contribution in [3.63, 3.8) is 0 Å². The molecule has 0 heterocycles. The summed E-state index contributed by atoms with van der Waals surface area (Å²) in [7, 11) is 0. The molecule has 0 aliphatic carbocycles. The second-order valence-corrected chi connectivity index (χ2v) is 3.08. The van der Waals surface area contributed by atoms with Gasteiger partial charge in [-0.25, -0.2) is 0 Å². The average Bonchev–Trinajstić information content (AvgIpc) is 2.16. The van der Waals surface area contributed by atoms with Crippen LogP contribution < -0.4 is 0 Å². The molecule has 1 heteroatoms. The van der Waals surface area contributed by atoms with E-state index in [9.17, 15) is 0 Å². The quantitative estimate of drug-likeness (QED) is 0.328. The molecular weight excluding hydrogens is 158 g/mol. The molecule has 0 aromatic carbocycles. The molecule has 0 N–H and O–H groups in total. The topological polar surface area (TPSA) is 23.8 Å². The van der Waals surface area contributed by atoms with E-state index in [1.807, 2.05) is 12.1 Å². The Morgan fingerprint density at radius 3 is 2.38 bits per heavy atom. The zero-order valence-corrected chi connectivity index (χ0v) is 8.50. The minimum absolute atomic E-state index is 0.984. The lowest BCUT2D eigenvalue weighted by molar-refractivity contribution is 0.728. The Kier molecular flexibility index (Phi) is 10.1. The third-order valence-electron chi connectivity index (χ3n) is 1.83. The molecule has 72 valence electrons. The molecule has 0 spiro atoms. The van der Waals surface area contributed by atoms with E-state index >= 15 is 0 Å². The summed E-state index contributed by atoms with van der Waals surface area (Å²) in [5, 5.41) is 8.21. The number of nitrogens with zero attached hydrogens (tertiary/aromatic N) is 1. The summed E-state index contributed by atoms with van der Waals surface area (Å²) in [6.45, 7) is 2.22. The second-order valence-electron chi connectivity index (χ2n) is 3.08. The Morgan fingerprint density at radius 2 is 1.69 bits per heavy atom. The van der Waals surface area contributed by atoms with E-state index in [4.69, 9.17) is 5.26 Å². The summed E-state index contributed by atoms with van der Waals surface area (Å²) in [6, 6.07) is 1.98. The van der Waals surface area contributed by atoms with Gasteiger partial charge in [-0.05, 0) is 25.7 Å². The molecule has 0 aliphatic heterocycles. The highest BCUT2D eigenvalue weighted by atomic mass is 14.2. The van der Waals surface area contributed by atoms with Gasteiger partial charge in [-0.1, -0.05) is 38.0 Å². The maximum absolute atomic E-state index is 8.21. The molecule has 0 atom stereocenters. The number of unbranched alkanes of at least 4 members (excludes halogenated alkanes) is 4. The number of rotatable bonds is 7. The zero-order valence-electron chi connectivity index (χ0n) is 8.50. The Labute approximate surface area is 81.8 Å². The maximum Gasteiger partial charge on any atom is 0.0908 e. The summed E-state index contributed by atoms with van der Waals surface area (Å²) in [5.74, 6) is 0. The SMILES string of the molecule is CCCCCC=CCCC=CC#N. The van der Waals surface area contributed by atoms with E-state index in [1.54, 1.807) is 6.08 Å². The molecule has 0 aliphatic rings. The molecule has 0 fully saturated rings. The fourth-order valence-electron chi connectivity index (χ4n) is 1.08. The second kappa shape index (κ2) is 11.0. The molecule has 0 aromatic heterocycles. The fourth-order valence-corrected chi connectivity index (χ4v) is 1.08. The van der Waals surface area contributed by atoms with Crippen molar-refractivity contribution in [2.24, 2.45) is 0 Å². The van der Waals surface area contributed by atoms with Crippen molar-refractivity contribution in [1.29, 1.82) is 5.26 Å². The van der Waals surface area contributed by atoms with Crippen molar-refractivity contribution in [1.82, 2.24) is 0 Å². The highest BCUT2D eigenvalue weighted by Gasteiger charge is 1.81. The van der Waals surface area contributed by atoms with Crippen LogP contribution in [-0.4, -0.2) is 0 Å². The average molecular weight is 177 g/mol. The van der Waals surface area contributed by atoms with Crippen molar-refractivity contribution < 1.29 is 0 Å². The Bertz CT molecular complexity index is 184. The van der Waals surface area contributed by atoms with Crippen LogP contribution in [-0.2, 0) is 0 Å². The van der Waals surface area contributed by atoms with Crippen LogP contribution >= 0.6 is 0 Å². The molecular formula is C12H19N. The van der Waals surface area contributed by atoms with Gasteiger partial charge in [-0.3, -0.25) is 0 Å². The van der Waals surface area contributed by atoms with Crippen molar-refractivity contribution in [2.45, 2.75) is 45.4 Å². The summed E-state index contributed by atoms with van der Waals surface area (Å²) >= 11 is 0. The van der Waals surface area contributed by atoms with Crippen LogP contribution in [0.25, 0.3) is 0 Å². The number of allylic oxidation sites excluding steroid dienone is 4. The molecule has 0 bridgehead atoms. The van der Waals surface area contributed by atoms with Gasteiger partial charge in [0.2, 0.25) is 0 Å². The van der Waals surface area contributed by atoms with Gasteiger partial charge in [0.1, 0.15) is 0 Å². The zero-order chi connectivity index (χ0) is 9.78. The summed E-state index contributed by atoms with van der Waals surface area (Å²) < 4.78 is 0. The van der Waals surface area contributed by atoms with Gasteiger partial charge in [0.15, 0.2) is 0 Å². The first-order valence-corrected chi connectivity index (χ1v) is 5.11. The first-order chi connectivity index (χ1) is 6.41. The van der Waals surface area contributed by atoms with Gasteiger partial charge < -0.3 is 0 Å². The van der Waals surface area contributed by atoms with E-state index < -0.39 is 0 Å². The molecule has 13 heavy (non-hydrogen) atoms. The Balaban J connectivity index is 3.13. The van der Waals surface area contributed by atoms with Crippen LogP contribution in [0.1, 0.15) is 45.4 Å². The van der Waals surface area contributed by atoms with Gasteiger partial charge in [0.25, 0.3) is 0 Å². The Morgan fingerprint density at radius 1 is 1.00 bits per heavy atom. The molecule has 0 unspecified atom stereocenters. The largest absolute Gasteiger partial charge is 0.193 e. The van der Waals surface area contributed by atoms with E-state index in [1.165, 1.54) is 25.7 Å². The van der Waals surface area contributed by atoms with E-state index in [0.29, 0.717) is 0 Å². The van der Waals surface area contributed by atoms with Crippen LogP contribution in [0.5, 0.6) is 0 Å². The predicted molar refractivity (Wildman–Crippen MR) is 57.3 cm³/mol. The highest BCUT2D eigenvalue weighted by Crippen LogP contribution is 2.01. The number of nitriles is 1. The smallest absolute Gasteiger partial charge is 0.0908 e. The maximum atomic E-state index is 8.21. The summed E-state index contributed by atoms with van der Waals surface area (Å²) in [5.41, 5.74) is 0. The van der Waals surface area contributed by atoms with Crippen LogP contribution in [0.15, 0.2) is 24.3 Å². The third kappa shape index (κ3) is 11.0. The summed E-state index contributed by atoms with van der Waals surface area (Å²) in [6.07, 6.45) is 15.1. The normalized spacial score (nSPS) is 11.1. The number of hydrogen-bond acceptors (Lipinski definition) is 1. The first-order valence-electron chi connectivity index (χ1n) is 5.11. The molecule has 0 aromatic rings. The van der Waals surface area contributed by atoms with E-state index in [2.05, 4.69) is 19.1 Å². The van der Waals surface area contributed by atoms with Crippen molar-refractivity contribution in [2.75, 3.05) is 0 Å².